The quantitative estimate of drug-likeness (QED) is 0.634. The van der Waals surface area contributed by atoms with Crippen molar-refractivity contribution in [3.8, 4) is 5.75 Å². The molecule has 8 nitrogen and oxygen atoms in total. The monoisotopic (exact) mass is 308 g/mol. The molecule has 1 aromatic carbocycles. The third-order valence-corrected chi connectivity index (χ3v) is 3.39. The van der Waals surface area contributed by atoms with Gasteiger partial charge in [-0.05, 0) is 25.0 Å². The number of methoxy groups -OCH3 is 1. The number of hydrogen-bond acceptors (Lipinski definition) is 5. The summed E-state index contributed by atoms with van der Waals surface area (Å²) >= 11 is 0. The minimum absolute atomic E-state index is 0.0626. The van der Waals surface area contributed by atoms with Crippen LogP contribution in [0.15, 0.2) is 18.2 Å². The van der Waals surface area contributed by atoms with E-state index in [4.69, 9.17) is 20.9 Å². The summed E-state index contributed by atoms with van der Waals surface area (Å²) in [6.45, 7) is 0.408. The number of carbonyl (C=O) groups is 2. The first-order valence-electron chi connectivity index (χ1n) is 6.94. The topological polar surface area (TPSA) is 129 Å². The van der Waals surface area contributed by atoms with E-state index >= 15 is 0 Å². The van der Waals surface area contributed by atoms with Crippen molar-refractivity contribution in [1.29, 1.82) is 0 Å². The van der Waals surface area contributed by atoms with Gasteiger partial charge in [0.2, 0.25) is 0 Å². The standard InChI is InChI=1S/C14H20N4O4/c1-21-12-6-8(2-4-10(12)18-14(16)20)17-13(19)11-5-3-9(7-15)22-11/h2,4,6,9,11H,3,5,7,15H2,1H3,(H,17,19)(H3,16,18,20)/t9-,11+/m1/s1. The Kier molecular flexibility index (Phi) is 5.18. The van der Waals surface area contributed by atoms with Crippen molar-refractivity contribution < 1.29 is 19.1 Å². The average molecular weight is 308 g/mol. The molecule has 0 bridgehead atoms. The minimum atomic E-state index is -0.692. The first-order chi connectivity index (χ1) is 10.5. The van der Waals surface area contributed by atoms with Crippen LogP contribution in [-0.2, 0) is 9.53 Å². The second-order valence-electron chi connectivity index (χ2n) is 4.95. The number of ether oxygens (including phenoxy) is 2. The van der Waals surface area contributed by atoms with Crippen LogP contribution in [0.3, 0.4) is 0 Å². The number of carbonyl (C=O) groups excluding carboxylic acids is 2. The highest BCUT2D eigenvalue weighted by Gasteiger charge is 2.29. The average Bonchev–Trinajstić information content (AvgIpc) is 2.97. The lowest BCUT2D eigenvalue weighted by Gasteiger charge is -2.14. The van der Waals surface area contributed by atoms with Crippen molar-refractivity contribution in [3.63, 3.8) is 0 Å². The Balaban J connectivity index is 2.03. The van der Waals surface area contributed by atoms with Gasteiger partial charge in [-0.1, -0.05) is 0 Å². The predicted octanol–water partition coefficient (Wildman–Crippen LogP) is 0.631. The molecule has 0 unspecified atom stereocenters. The molecule has 0 radical (unpaired) electrons. The van der Waals surface area contributed by atoms with Gasteiger partial charge in [0, 0.05) is 18.3 Å². The Morgan fingerprint density at radius 1 is 1.36 bits per heavy atom. The summed E-state index contributed by atoms with van der Waals surface area (Å²) in [5.74, 6) is 0.164. The Hall–Kier alpha value is -2.32. The van der Waals surface area contributed by atoms with Gasteiger partial charge in [-0.15, -0.1) is 0 Å². The maximum absolute atomic E-state index is 12.1. The molecule has 6 N–H and O–H groups in total. The number of anilines is 2. The molecule has 120 valence electrons. The van der Waals surface area contributed by atoms with Crippen molar-refractivity contribution >= 4 is 23.3 Å². The summed E-state index contributed by atoms with van der Waals surface area (Å²) < 4.78 is 10.7. The highest BCUT2D eigenvalue weighted by molar-refractivity contribution is 5.95. The number of amides is 3. The molecule has 2 rings (SSSR count). The van der Waals surface area contributed by atoms with E-state index in [-0.39, 0.29) is 12.0 Å². The van der Waals surface area contributed by atoms with Gasteiger partial charge >= 0.3 is 6.03 Å². The van der Waals surface area contributed by atoms with E-state index in [1.54, 1.807) is 18.2 Å². The number of urea groups is 1. The van der Waals surface area contributed by atoms with Gasteiger partial charge in [-0.3, -0.25) is 4.79 Å². The fourth-order valence-corrected chi connectivity index (χ4v) is 2.30. The molecular weight excluding hydrogens is 288 g/mol. The summed E-state index contributed by atoms with van der Waals surface area (Å²) in [5, 5.41) is 5.19. The fraction of sp³-hybridized carbons (Fsp3) is 0.429. The van der Waals surface area contributed by atoms with Crippen molar-refractivity contribution in [3.05, 3.63) is 18.2 Å². The van der Waals surface area contributed by atoms with Crippen LogP contribution in [0.5, 0.6) is 5.75 Å². The molecule has 0 aliphatic carbocycles. The van der Waals surface area contributed by atoms with E-state index in [1.807, 2.05) is 0 Å². The SMILES string of the molecule is COc1cc(NC(=O)[C@@H]2CC[C@H](CN)O2)ccc1NC(N)=O. The Morgan fingerprint density at radius 3 is 2.73 bits per heavy atom. The van der Waals surface area contributed by atoms with Crippen molar-refractivity contribution in [1.82, 2.24) is 0 Å². The van der Waals surface area contributed by atoms with Crippen LogP contribution in [0.1, 0.15) is 12.8 Å². The van der Waals surface area contributed by atoms with E-state index in [0.29, 0.717) is 30.1 Å². The third kappa shape index (κ3) is 3.86. The van der Waals surface area contributed by atoms with Crippen LogP contribution in [0.2, 0.25) is 0 Å². The number of nitrogens with two attached hydrogens (primary N) is 2. The molecule has 1 aliphatic rings. The maximum Gasteiger partial charge on any atom is 0.316 e. The van der Waals surface area contributed by atoms with Crippen LogP contribution in [-0.4, -0.2) is 37.8 Å². The molecule has 2 atom stereocenters. The van der Waals surface area contributed by atoms with Crippen LogP contribution >= 0.6 is 0 Å². The molecule has 1 aromatic rings. The first kappa shape index (κ1) is 16.1. The highest BCUT2D eigenvalue weighted by atomic mass is 16.5. The Morgan fingerprint density at radius 2 is 2.14 bits per heavy atom. The molecule has 3 amide bonds. The highest BCUT2D eigenvalue weighted by Crippen LogP contribution is 2.28. The van der Waals surface area contributed by atoms with Gasteiger partial charge in [-0.25, -0.2) is 4.79 Å². The van der Waals surface area contributed by atoms with Crippen molar-refractivity contribution in [2.45, 2.75) is 25.0 Å². The first-order valence-corrected chi connectivity index (χ1v) is 6.94. The molecule has 1 aliphatic heterocycles. The zero-order valence-corrected chi connectivity index (χ0v) is 12.3. The van der Waals surface area contributed by atoms with E-state index < -0.39 is 12.1 Å². The van der Waals surface area contributed by atoms with Gasteiger partial charge in [-0.2, -0.15) is 0 Å². The normalized spacial score (nSPS) is 20.5. The van der Waals surface area contributed by atoms with Crippen molar-refractivity contribution in [2.24, 2.45) is 11.5 Å². The van der Waals surface area contributed by atoms with Crippen LogP contribution in [0.4, 0.5) is 16.2 Å². The minimum Gasteiger partial charge on any atom is -0.494 e. The van der Waals surface area contributed by atoms with Gasteiger partial charge in [0.05, 0.1) is 18.9 Å². The van der Waals surface area contributed by atoms with Gasteiger partial charge < -0.3 is 31.6 Å². The molecule has 0 aromatic heterocycles. The van der Waals surface area contributed by atoms with Gasteiger partial charge in [0.15, 0.2) is 0 Å². The molecule has 1 fully saturated rings. The molecular formula is C14H20N4O4. The number of rotatable bonds is 5. The lowest BCUT2D eigenvalue weighted by molar-refractivity contribution is -0.126. The van der Waals surface area contributed by atoms with Crippen LogP contribution < -0.4 is 26.8 Å². The second kappa shape index (κ2) is 7.10. The van der Waals surface area contributed by atoms with E-state index in [2.05, 4.69) is 10.6 Å². The lowest BCUT2D eigenvalue weighted by atomic mass is 10.2. The van der Waals surface area contributed by atoms with Gasteiger partial charge in [0.25, 0.3) is 5.91 Å². The molecule has 0 spiro atoms. The number of primary amides is 1. The zero-order valence-electron chi connectivity index (χ0n) is 12.3. The molecule has 1 saturated heterocycles. The van der Waals surface area contributed by atoms with Crippen LogP contribution in [0, 0.1) is 0 Å². The van der Waals surface area contributed by atoms with Crippen molar-refractivity contribution in [2.75, 3.05) is 24.3 Å². The summed E-state index contributed by atoms with van der Waals surface area (Å²) in [4.78, 5) is 23.0. The molecule has 0 saturated carbocycles. The predicted molar refractivity (Wildman–Crippen MR) is 81.8 cm³/mol. The Bertz CT molecular complexity index is 564. The van der Waals surface area contributed by atoms with E-state index in [0.717, 1.165) is 6.42 Å². The summed E-state index contributed by atoms with van der Waals surface area (Å²) in [7, 11) is 1.46. The van der Waals surface area contributed by atoms with E-state index in [1.165, 1.54) is 7.11 Å². The number of benzene rings is 1. The summed E-state index contributed by atoms with van der Waals surface area (Å²) in [6.07, 6.45) is 0.862. The number of nitrogens with one attached hydrogen (secondary N) is 2. The maximum atomic E-state index is 12.1. The summed E-state index contributed by atoms with van der Waals surface area (Å²) in [6, 6.07) is 4.14. The molecule has 22 heavy (non-hydrogen) atoms. The zero-order chi connectivity index (χ0) is 16.1. The second-order valence-corrected chi connectivity index (χ2v) is 4.95. The molecule has 8 heteroatoms. The van der Waals surface area contributed by atoms with E-state index in [9.17, 15) is 9.59 Å². The summed E-state index contributed by atoms with van der Waals surface area (Å²) in [5.41, 5.74) is 11.6. The number of hydrogen-bond donors (Lipinski definition) is 4. The molecule has 1 heterocycles. The fourth-order valence-electron chi connectivity index (χ4n) is 2.30. The van der Waals surface area contributed by atoms with Gasteiger partial charge in [0.1, 0.15) is 11.9 Å². The Labute approximate surface area is 128 Å². The van der Waals surface area contributed by atoms with Crippen LogP contribution in [0.25, 0.3) is 0 Å². The smallest absolute Gasteiger partial charge is 0.316 e. The lowest BCUT2D eigenvalue weighted by Crippen LogP contribution is -2.29. The third-order valence-electron chi connectivity index (χ3n) is 3.39. The largest absolute Gasteiger partial charge is 0.494 e.